The van der Waals surface area contributed by atoms with Gasteiger partial charge in [0.05, 0.1) is 0 Å². The van der Waals surface area contributed by atoms with Crippen LogP contribution in [0, 0.1) is 0 Å². The van der Waals surface area contributed by atoms with Crippen LogP contribution in [0.3, 0.4) is 0 Å². The maximum Gasteiger partial charge on any atom is 0.0433 e. The lowest BCUT2D eigenvalue weighted by molar-refractivity contribution is 0.195. The van der Waals surface area contributed by atoms with Crippen molar-refractivity contribution in [3.63, 3.8) is 0 Å². The average Bonchev–Trinajstić information content (AvgIpc) is 2.07. The molecule has 0 heterocycles. The molecular formula is C8H27NOSi3. The molecule has 0 saturated carbocycles. The van der Waals surface area contributed by atoms with Crippen molar-refractivity contribution >= 4 is 29.0 Å². The molecular weight excluding hydrogens is 210 g/mol. The summed E-state index contributed by atoms with van der Waals surface area (Å²) in [6.45, 7) is 4.19. The summed E-state index contributed by atoms with van der Waals surface area (Å²) in [5.74, 6) is 0. The minimum absolute atomic E-state index is 0.483. The van der Waals surface area contributed by atoms with Crippen molar-refractivity contribution in [3.8, 4) is 0 Å². The summed E-state index contributed by atoms with van der Waals surface area (Å²) in [5, 5.41) is 0. The summed E-state index contributed by atoms with van der Waals surface area (Å²) in [4.78, 5) is 2.27. The Bertz CT molecular complexity index is 81.8. The standard InChI is InChI=1S/C5H17NSi2.C3H10OSi/c1-6(2)4-3-5-8-7;1-2-4-3-5/h3-5,8H2,1-2,7H3;2-3H2,1,5H3. The fraction of sp³-hybridized carbons (Fsp3) is 1.00. The molecule has 0 spiro atoms. The highest BCUT2D eigenvalue weighted by atomic mass is 29.1. The second-order valence-corrected chi connectivity index (χ2v) is 8.58. The van der Waals surface area contributed by atoms with Gasteiger partial charge in [-0.05, 0) is 43.7 Å². The van der Waals surface area contributed by atoms with Gasteiger partial charge < -0.3 is 9.64 Å². The molecule has 0 N–H and O–H groups in total. The molecule has 0 atom stereocenters. The van der Waals surface area contributed by atoms with Crippen LogP contribution in [-0.4, -0.2) is 67.4 Å². The van der Waals surface area contributed by atoms with Crippen molar-refractivity contribution in [2.24, 2.45) is 0 Å². The Morgan fingerprint density at radius 1 is 1.38 bits per heavy atom. The van der Waals surface area contributed by atoms with E-state index in [0.29, 0.717) is 9.04 Å². The third-order valence-electron chi connectivity index (χ3n) is 1.62. The van der Waals surface area contributed by atoms with Gasteiger partial charge in [0.1, 0.15) is 0 Å². The van der Waals surface area contributed by atoms with Crippen LogP contribution >= 0.6 is 0 Å². The predicted molar refractivity (Wildman–Crippen MR) is 72.9 cm³/mol. The number of hydrogen-bond acceptors (Lipinski definition) is 2. The summed E-state index contributed by atoms with van der Waals surface area (Å²) < 4.78 is 4.90. The fourth-order valence-electron chi connectivity index (χ4n) is 0.882. The van der Waals surface area contributed by atoms with Crippen molar-refractivity contribution in [1.82, 2.24) is 4.90 Å². The maximum absolute atomic E-state index is 4.90. The molecule has 0 fully saturated rings. The van der Waals surface area contributed by atoms with E-state index in [1.54, 1.807) is 6.04 Å². The van der Waals surface area contributed by atoms with Crippen LogP contribution in [0.1, 0.15) is 13.3 Å². The monoisotopic (exact) mass is 237 g/mol. The molecule has 0 aromatic heterocycles. The lowest BCUT2D eigenvalue weighted by atomic mass is 10.5. The van der Waals surface area contributed by atoms with Crippen molar-refractivity contribution in [3.05, 3.63) is 0 Å². The molecule has 0 aliphatic rings. The molecule has 13 heavy (non-hydrogen) atoms. The largest absolute Gasteiger partial charge is 0.386 e. The zero-order valence-corrected chi connectivity index (χ0v) is 15.5. The molecule has 0 aromatic carbocycles. The fourth-order valence-corrected chi connectivity index (χ4v) is 3.51. The first-order valence-corrected chi connectivity index (χ1v) is 13.5. The van der Waals surface area contributed by atoms with Gasteiger partial charge >= 0.3 is 0 Å². The first-order chi connectivity index (χ1) is 6.18. The van der Waals surface area contributed by atoms with E-state index in [9.17, 15) is 0 Å². The smallest absolute Gasteiger partial charge is 0.0433 e. The van der Waals surface area contributed by atoms with Crippen LogP contribution in [0.5, 0.6) is 0 Å². The van der Waals surface area contributed by atoms with E-state index in [2.05, 4.69) is 19.0 Å². The van der Waals surface area contributed by atoms with Gasteiger partial charge in [-0.3, -0.25) is 0 Å². The Morgan fingerprint density at radius 3 is 2.23 bits per heavy atom. The van der Waals surface area contributed by atoms with E-state index in [1.807, 2.05) is 6.92 Å². The van der Waals surface area contributed by atoms with Gasteiger partial charge in [0, 0.05) is 32.1 Å². The van der Waals surface area contributed by atoms with Gasteiger partial charge in [-0.25, -0.2) is 0 Å². The Morgan fingerprint density at radius 2 is 2.00 bits per heavy atom. The lowest BCUT2D eigenvalue weighted by Crippen LogP contribution is -2.13. The molecule has 0 amide bonds. The Balaban J connectivity index is 0. The molecule has 0 aliphatic carbocycles. The van der Waals surface area contributed by atoms with Crippen LogP contribution in [0.15, 0.2) is 0 Å². The van der Waals surface area contributed by atoms with Gasteiger partial charge in [-0.1, -0.05) is 6.04 Å². The minimum Gasteiger partial charge on any atom is -0.386 e. The molecule has 82 valence electrons. The molecule has 0 bridgehead atoms. The molecule has 0 aromatic rings. The molecule has 0 radical (unpaired) electrons. The Labute approximate surface area is 91.9 Å². The summed E-state index contributed by atoms with van der Waals surface area (Å²) in [5.41, 5.74) is 0. The molecule has 5 heteroatoms. The van der Waals surface area contributed by atoms with Gasteiger partial charge in [0.2, 0.25) is 0 Å². The highest BCUT2D eigenvalue weighted by molar-refractivity contribution is 6.89. The van der Waals surface area contributed by atoms with Crippen LogP contribution in [0.2, 0.25) is 6.04 Å². The van der Waals surface area contributed by atoms with E-state index in [1.165, 1.54) is 33.0 Å². The van der Waals surface area contributed by atoms with E-state index < -0.39 is 0 Å². The van der Waals surface area contributed by atoms with Gasteiger partial charge in [0.15, 0.2) is 0 Å². The molecule has 0 rings (SSSR count). The summed E-state index contributed by atoms with van der Waals surface area (Å²) in [6.07, 6.45) is 2.43. The van der Waals surface area contributed by atoms with Crippen molar-refractivity contribution in [2.75, 3.05) is 33.5 Å². The zero-order valence-electron chi connectivity index (χ0n) is 10.1. The van der Waals surface area contributed by atoms with Gasteiger partial charge in [-0.2, -0.15) is 0 Å². The average molecular weight is 238 g/mol. The molecule has 2 nitrogen and oxygen atoms in total. The summed E-state index contributed by atoms with van der Waals surface area (Å²) in [7, 11) is 7.47. The topological polar surface area (TPSA) is 12.5 Å². The quantitative estimate of drug-likeness (QED) is 0.397. The van der Waals surface area contributed by atoms with Crippen molar-refractivity contribution in [2.45, 2.75) is 19.4 Å². The van der Waals surface area contributed by atoms with Gasteiger partial charge in [-0.15, -0.1) is 0 Å². The normalized spacial score (nSPS) is 11.1. The van der Waals surface area contributed by atoms with E-state index >= 15 is 0 Å². The predicted octanol–water partition coefficient (Wildman–Crippen LogP) is -1.85. The first kappa shape index (κ1) is 16.0. The van der Waals surface area contributed by atoms with E-state index in [-0.39, 0.29) is 0 Å². The summed E-state index contributed by atoms with van der Waals surface area (Å²) >= 11 is 0. The highest BCUT2D eigenvalue weighted by Gasteiger charge is 1.86. The van der Waals surface area contributed by atoms with Crippen LogP contribution in [-0.2, 0) is 4.74 Å². The van der Waals surface area contributed by atoms with Gasteiger partial charge in [0.25, 0.3) is 0 Å². The second kappa shape index (κ2) is 15.1. The number of hydrogen-bond donors (Lipinski definition) is 0. The SMILES string of the molecule is CCOC[SiH3].CN(C)CCC[SiH2][SiH3]. The Kier molecular flexibility index (Phi) is 18.6. The Hall–Kier alpha value is 0.571. The third kappa shape index (κ3) is 24.5. The zero-order chi connectivity index (χ0) is 10.5. The third-order valence-corrected chi connectivity index (χ3v) is 5.35. The molecule has 0 unspecified atom stereocenters. The van der Waals surface area contributed by atoms with E-state index in [0.717, 1.165) is 12.8 Å². The van der Waals surface area contributed by atoms with Crippen molar-refractivity contribution in [1.29, 1.82) is 0 Å². The number of rotatable bonds is 6. The lowest BCUT2D eigenvalue weighted by Gasteiger charge is -2.06. The molecule has 0 aliphatic heterocycles. The van der Waals surface area contributed by atoms with Crippen molar-refractivity contribution < 1.29 is 4.74 Å². The second-order valence-electron chi connectivity index (χ2n) is 3.29. The minimum atomic E-state index is 0.483. The summed E-state index contributed by atoms with van der Waals surface area (Å²) in [6, 6.07) is 1.57. The van der Waals surface area contributed by atoms with Crippen LogP contribution in [0.4, 0.5) is 0 Å². The highest BCUT2D eigenvalue weighted by Crippen LogP contribution is 1.87. The maximum atomic E-state index is 4.90. The first-order valence-electron chi connectivity index (χ1n) is 5.41. The van der Waals surface area contributed by atoms with Crippen LogP contribution in [0.25, 0.3) is 0 Å². The van der Waals surface area contributed by atoms with Crippen LogP contribution < -0.4 is 0 Å². The number of nitrogens with zero attached hydrogens (tertiary/aromatic N) is 1. The van der Waals surface area contributed by atoms with E-state index in [4.69, 9.17) is 4.74 Å². The number of ether oxygens (including phenoxy) is 1. The molecule has 0 saturated heterocycles.